The second kappa shape index (κ2) is 10.2. The number of rotatable bonds is 12. The van der Waals surface area contributed by atoms with Gasteiger partial charge < -0.3 is 17.7 Å². The van der Waals surface area contributed by atoms with Crippen LogP contribution >= 0.6 is 0 Å². The first kappa shape index (κ1) is 24.0. The molecule has 0 unspecified atom stereocenters. The number of carbonyl (C=O) groups is 2. The summed E-state index contributed by atoms with van der Waals surface area (Å²) in [4.78, 5) is 23.0. The van der Waals surface area contributed by atoms with Crippen LogP contribution < -0.4 is 0 Å². The fraction of sp³-hybridized carbons (Fsp3) is 0.625. The zero-order chi connectivity index (χ0) is 19.7. The summed E-state index contributed by atoms with van der Waals surface area (Å²) in [6.45, 7) is 19.2. The van der Waals surface area contributed by atoms with E-state index in [4.69, 9.17) is 13.0 Å². The molecular formula is C16H32O6Si3. The maximum absolute atomic E-state index is 12.0. The SMILES string of the molecule is C=COC(=O)OCCCC[Si](C)(C)O[Si](C)(C)O[Si](C)(C)C(=O)C=C. The van der Waals surface area contributed by atoms with Crippen molar-refractivity contribution in [3.63, 3.8) is 0 Å². The number of allylic oxidation sites excluding steroid dienone is 1. The first-order chi connectivity index (χ1) is 11.4. The van der Waals surface area contributed by atoms with Crippen LogP contribution in [0, 0.1) is 0 Å². The summed E-state index contributed by atoms with van der Waals surface area (Å²) in [7, 11) is -6.84. The topological polar surface area (TPSA) is 71.1 Å². The van der Waals surface area contributed by atoms with Crippen molar-refractivity contribution in [2.24, 2.45) is 0 Å². The first-order valence-corrected chi connectivity index (χ1v) is 17.2. The predicted octanol–water partition coefficient (Wildman–Crippen LogP) is 4.50. The van der Waals surface area contributed by atoms with E-state index in [-0.39, 0.29) is 5.41 Å². The van der Waals surface area contributed by atoms with E-state index in [0.29, 0.717) is 6.61 Å². The Kier molecular flexibility index (Phi) is 9.80. The molecule has 0 aromatic heterocycles. The van der Waals surface area contributed by atoms with Gasteiger partial charge in [0.25, 0.3) is 8.32 Å². The van der Waals surface area contributed by atoms with Crippen molar-refractivity contribution in [1.29, 1.82) is 0 Å². The number of hydrogen-bond acceptors (Lipinski definition) is 6. The summed E-state index contributed by atoms with van der Waals surface area (Å²) >= 11 is 0. The predicted molar refractivity (Wildman–Crippen MR) is 106 cm³/mol. The number of unbranched alkanes of at least 4 members (excludes halogenated alkanes) is 1. The molecule has 0 aromatic carbocycles. The zero-order valence-electron chi connectivity index (χ0n) is 16.3. The summed E-state index contributed by atoms with van der Waals surface area (Å²) in [5.41, 5.74) is 0. The van der Waals surface area contributed by atoms with E-state index < -0.39 is 31.4 Å². The Bertz CT molecular complexity index is 488. The summed E-state index contributed by atoms with van der Waals surface area (Å²) < 4.78 is 21.9. The Morgan fingerprint density at radius 2 is 1.56 bits per heavy atom. The van der Waals surface area contributed by atoms with Gasteiger partial charge in [-0.2, -0.15) is 0 Å². The maximum atomic E-state index is 12.0. The van der Waals surface area contributed by atoms with Crippen molar-refractivity contribution in [3.8, 4) is 0 Å². The van der Waals surface area contributed by atoms with Gasteiger partial charge in [-0.05, 0) is 57.8 Å². The molecule has 6 nitrogen and oxygen atoms in total. The number of carbonyl (C=O) groups excluding carboxylic acids is 2. The Balaban J connectivity index is 4.39. The van der Waals surface area contributed by atoms with Gasteiger partial charge in [0.2, 0.25) is 0 Å². The molecule has 0 atom stereocenters. The molecule has 0 spiro atoms. The highest BCUT2D eigenvalue weighted by Crippen LogP contribution is 2.24. The number of hydrogen-bond donors (Lipinski definition) is 0. The zero-order valence-corrected chi connectivity index (χ0v) is 19.3. The van der Waals surface area contributed by atoms with Crippen molar-refractivity contribution in [2.45, 2.75) is 58.2 Å². The van der Waals surface area contributed by atoms with Gasteiger partial charge in [0.1, 0.15) is 0 Å². The van der Waals surface area contributed by atoms with Gasteiger partial charge >= 0.3 is 14.7 Å². The Labute approximate surface area is 154 Å². The molecule has 0 aliphatic heterocycles. The Hall–Kier alpha value is -1.01. The fourth-order valence-corrected chi connectivity index (χ4v) is 15.7. The molecule has 0 rings (SSSR count). The van der Waals surface area contributed by atoms with Crippen molar-refractivity contribution >= 4 is 36.8 Å². The van der Waals surface area contributed by atoms with Crippen LogP contribution in [0.4, 0.5) is 4.79 Å². The van der Waals surface area contributed by atoms with Crippen LogP contribution in [-0.4, -0.2) is 43.4 Å². The van der Waals surface area contributed by atoms with Crippen molar-refractivity contribution in [3.05, 3.63) is 25.5 Å². The van der Waals surface area contributed by atoms with Gasteiger partial charge in [0, 0.05) is 0 Å². The normalized spacial score (nSPS) is 12.4. The molecule has 0 aliphatic carbocycles. The van der Waals surface area contributed by atoms with Gasteiger partial charge in [-0.25, -0.2) is 4.79 Å². The molecule has 0 radical (unpaired) electrons. The lowest BCUT2D eigenvalue weighted by atomic mass is 10.4. The Morgan fingerprint density at radius 3 is 2.08 bits per heavy atom. The van der Waals surface area contributed by atoms with Crippen LogP contribution in [0.3, 0.4) is 0 Å². The van der Waals surface area contributed by atoms with E-state index in [0.717, 1.165) is 25.1 Å². The second-order valence-electron chi connectivity index (χ2n) is 7.28. The van der Waals surface area contributed by atoms with E-state index in [2.05, 4.69) is 31.0 Å². The van der Waals surface area contributed by atoms with Crippen molar-refractivity contribution in [1.82, 2.24) is 0 Å². The standard InChI is InChI=1S/C16H32O6Si3/c1-9-15(17)24(5,6)22-25(7,8)21-23(3,4)14-12-11-13-20-16(18)19-10-2/h9-10H,1-2,11-14H2,3-8H3. The largest absolute Gasteiger partial charge is 0.513 e. The van der Waals surface area contributed by atoms with Crippen LogP contribution in [0.2, 0.25) is 45.3 Å². The molecule has 25 heavy (non-hydrogen) atoms. The highest BCUT2D eigenvalue weighted by Gasteiger charge is 2.42. The molecule has 9 heteroatoms. The molecule has 144 valence electrons. The summed E-state index contributed by atoms with van der Waals surface area (Å²) in [6, 6.07) is 0.921. The smallest absolute Gasteiger partial charge is 0.437 e. The van der Waals surface area contributed by atoms with Crippen LogP contribution in [0.15, 0.2) is 25.5 Å². The minimum atomic E-state index is -2.48. The highest BCUT2D eigenvalue weighted by molar-refractivity contribution is 7.05. The molecular weight excluding hydrogens is 372 g/mol. The molecule has 0 aromatic rings. The summed E-state index contributed by atoms with van der Waals surface area (Å²) in [6.07, 6.45) is 3.28. The van der Waals surface area contributed by atoms with E-state index in [1.54, 1.807) is 0 Å². The van der Waals surface area contributed by atoms with E-state index in [9.17, 15) is 9.59 Å². The molecule has 0 fully saturated rings. The molecule has 0 heterocycles. The second-order valence-corrected chi connectivity index (χ2v) is 19.2. The van der Waals surface area contributed by atoms with E-state index in [1.165, 1.54) is 6.08 Å². The summed E-state index contributed by atoms with van der Waals surface area (Å²) in [5.74, 6) is 0. The highest BCUT2D eigenvalue weighted by atomic mass is 28.5. The fourth-order valence-electron chi connectivity index (χ4n) is 2.56. The lowest BCUT2D eigenvalue weighted by molar-refractivity contribution is -0.109. The minimum Gasteiger partial charge on any atom is -0.437 e. The van der Waals surface area contributed by atoms with Gasteiger partial charge in [0.05, 0.1) is 12.9 Å². The van der Waals surface area contributed by atoms with Gasteiger partial charge in [-0.1, -0.05) is 19.6 Å². The summed E-state index contributed by atoms with van der Waals surface area (Å²) in [5, 5.41) is -0.0142. The first-order valence-electron chi connectivity index (χ1n) is 8.37. The third kappa shape index (κ3) is 10.5. The van der Waals surface area contributed by atoms with Gasteiger partial charge in [-0.3, -0.25) is 4.79 Å². The Morgan fingerprint density at radius 1 is 0.960 bits per heavy atom. The molecule has 0 bridgehead atoms. The molecule has 0 aliphatic rings. The van der Waals surface area contributed by atoms with Crippen LogP contribution in [0.5, 0.6) is 0 Å². The molecule has 0 N–H and O–H groups in total. The third-order valence-electron chi connectivity index (χ3n) is 3.37. The lowest BCUT2D eigenvalue weighted by Gasteiger charge is -2.37. The lowest BCUT2D eigenvalue weighted by Crippen LogP contribution is -2.55. The van der Waals surface area contributed by atoms with Crippen LogP contribution in [-0.2, 0) is 22.5 Å². The number of ether oxygens (including phenoxy) is 2. The van der Waals surface area contributed by atoms with Crippen LogP contribution in [0.25, 0.3) is 0 Å². The van der Waals surface area contributed by atoms with Crippen molar-refractivity contribution < 1.29 is 27.3 Å². The van der Waals surface area contributed by atoms with E-state index >= 15 is 0 Å². The van der Waals surface area contributed by atoms with E-state index in [1.807, 2.05) is 26.2 Å². The molecule has 0 saturated carbocycles. The average molecular weight is 405 g/mol. The molecule has 0 saturated heterocycles. The van der Waals surface area contributed by atoms with Gasteiger partial charge in [-0.15, -0.1) is 0 Å². The monoisotopic (exact) mass is 404 g/mol. The van der Waals surface area contributed by atoms with Gasteiger partial charge in [0.15, 0.2) is 13.7 Å². The quantitative estimate of drug-likeness (QED) is 0.157. The van der Waals surface area contributed by atoms with Crippen LogP contribution in [0.1, 0.15) is 12.8 Å². The minimum absolute atomic E-state index is 0.0142. The molecule has 0 amide bonds. The third-order valence-corrected chi connectivity index (χ3v) is 14.5. The van der Waals surface area contributed by atoms with Crippen molar-refractivity contribution in [2.75, 3.05) is 6.61 Å². The maximum Gasteiger partial charge on any atom is 0.513 e. The average Bonchev–Trinajstić information content (AvgIpc) is 2.43.